The Morgan fingerprint density at radius 1 is 1.27 bits per heavy atom. The average molecular weight is 358 g/mol. The standard InChI is InChI=1S/C17H35NOSSi2/c1-9-11-15(2)17(19-21(3,4)5)18-13-10-12-16(18)14-20-22(6,7)8/h9,16H,1,10-14H2,2-8H3/b17-15+/t16-/m0/s1. The van der Waals surface area contributed by atoms with Gasteiger partial charge in [-0.3, -0.25) is 0 Å². The fourth-order valence-electron chi connectivity index (χ4n) is 2.61. The molecule has 1 atom stereocenters. The third-order valence-electron chi connectivity index (χ3n) is 3.57. The van der Waals surface area contributed by atoms with E-state index in [0.29, 0.717) is 6.04 Å². The number of hydrogen-bond acceptors (Lipinski definition) is 3. The average Bonchev–Trinajstić information content (AvgIpc) is 2.80. The monoisotopic (exact) mass is 357 g/mol. The summed E-state index contributed by atoms with van der Waals surface area (Å²) < 4.78 is 6.50. The molecule has 0 aromatic carbocycles. The molecule has 22 heavy (non-hydrogen) atoms. The summed E-state index contributed by atoms with van der Waals surface area (Å²) in [6, 6.07) is 0.642. The fraction of sp³-hybridized carbons (Fsp3) is 0.765. The molecule has 0 radical (unpaired) electrons. The van der Waals surface area contributed by atoms with Gasteiger partial charge in [0.2, 0.25) is 8.32 Å². The van der Waals surface area contributed by atoms with Crippen LogP contribution in [-0.2, 0) is 4.43 Å². The van der Waals surface area contributed by atoms with Gasteiger partial charge in [0.05, 0.1) is 0 Å². The van der Waals surface area contributed by atoms with E-state index < -0.39 is 15.5 Å². The first-order chi connectivity index (χ1) is 10.0. The van der Waals surface area contributed by atoms with Crippen LogP contribution in [0.3, 0.4) is 0 Å². The van der Waals surface area contributed by atoms with Crippen LogP contribution in [0, 0.1) is 0 Å². The maximum absolute atomic E-state index is 6.50. The molecule has 0 aromatic heterocycles. The van der Waals surface area contributed by atoms with Gasteiger partial charge < -0.3 is 9.33 Å². The predicted molar refractivity (Wildman–Crippen MR) is 107 cm³/mol. The van der Waals surface area contributed by atoms with E-state index >= 15 is 0 Å². The quantitative estimate of drug-likeness (QED) is 0.315. The van der Waals surface area contributed by atoms with Crippen molar-refractivity contribution >= 4 is 26.8 Å². The summed E-state index contributed by atoms with van der Waals surface area (Å²) in [5.74, 6) is 2.41. The molecule has 128 valence electrons. The minimum absolute atomic E-state index is 0.642. The summed E-state index contributed by atoms with van der Waals surface area (Å²) in [5, 5.41) is 0. The summed E-state index contributed by atoms with van der Waals surface area (Å²) in [6.45, 7) is 21.4. The Labute approximate surface area is 144 Å². The molecule has 1 fully saturated rings. The van der Waals surface area contributed by atoms with E-state index in [0.717, 1.165) is 18.8 Å². The molecule has 0 N–H and O–H groups in total. The SMILES string of the molecule is C=CC/C(C)=C(/O[Si](C)(C)C)N1CCC[C@H]1CS[Si](C)(C)C. The van der Waals surface area contributed by atoms with Crippen LogP contribution in [-0.4, -0.2) is 38.8 Å². The molecule has 1 saturated heterocycles. The molecule has 0 saturated carbocycles. The van der Waals surface area contributed by atoms with Gasteiger partial charge in [-0.25, -0.2) is 0 Å². The largest absolute Gasteiger partial charge is 0.533 e. The Hall–Kier alpha value is -0.136. The van der Waals surface area contributed by atoms with Crippen LogP contribution < -0.4 is 0 Å². The van der Waals surface area contributed by atoms with Gasteiger partial charge in [-0.05, 0) is 51.4 Å². The van der Waals surface area contributed by atoms with Crippen molar-refractivity contribution in [3.8, 4) is 0 Å². The molecule has 0 unspecified atom stereocenters. The van der Waals surface area contributed by atoms with Crippen LogP contribution in [0.5, 0.6) is 0 Å². The van der Waals surface area contributed by atoms with Crippen molar-refractivity contribution in [3.63, 3.8) is 0 Å². The fourth-order valence-corrected chi connectivity index (χ4v) is 6.59. The summed E-state index contributed by atoms with van der Waals surface area (Å²) in [7, 11) is -2.65. The Morgan fingerprint density at radius 3 is 2.41 bits per heavy atom. The smallest absolute Gasteiger partial charge is 0.244 e. The Balaban J connectivity index is 2.92. The lowest BCUT2D eigenvalue weighted by atomic mass is 10.2. The van der Waals surface area contributed by atoms with E-state index in [9.17, 15) is 0 Å². The van der Waals surface area contributed by atoms with Gasteiger partial charge in [0, 0.05) is 18.3 Å². The third kappa shape index (κ3) is 6.96. The van der Waals surface area contributed by atoms with Gasteiger partial charge in [-0.2, -0.15) is 11.2 Å². The lowest BCUT2D eigenvalue weighted by Crippen LogP contribution is -2.38. The molecule has 0 aliphatic carbocycles. The summed E-state index contributed by atoms with van der Waals surface area (Å²) >= 11 is 2.21. The number of allylic oxidation sites excluding steroid dienone is 2. The minimum Gasteiger partial charge on any atom is -0.533 e. The van der Waals surface area contributed by atoms with Crippen molar-refractivity contribution in [1.29, 1.82) is 0 Å². The van der Waals surface area contributed by atoms with Gasteiger partial charge in [0.1, 0.15) is 7.22 Å². The molecular formula is C17H35NOSSi2. The van der Waals surface area contributed by atoms with Crippen molar-refractivity contribution in [1.82, 2.24) is 4.90 Å². The lowest BCUT2D eigenvalue weighted by molar-refractivity contribution is 0.203. The van der Waals surface area contributed by atoms with Gasteiger partial charge >= 0.3 is 0 Å². The zero-order valence-electron chi connectivity index (χ0n) is 15.7. The number of hydrogen-bond donors (Lipinski definition) is 0. The summed E-state index contributed by atoms with van der Waals surface area (Å²) in [5.41, 5.74) is 1.34. The zero-order valence-corrected chi connectivity index (χ0v) is 18.5. The zero-order chi connectivity index (χ0) is 17.0. The Morgan fingerprint density at radius 2 is 1.91 bits per heavy atom. The van der Waals surface area contributed by atoms with Crippen molar-refractivity contribution < 1.29 is 4.43 Å². The van der Waals surface area contributed by atoms with E-state index in [1.165, 1.54) is 24.2 Å². The highest BCUT2D eigenvalue weighted by Gasteiger charge is 2.32. The first kappa shape index (κ1) is 19.9. The second-order valence-electron chi connectivity index (χ2n) is 8.21. The molecule has 0 aromatic rings. The first-order valence-corrected chi connectivity index (χ1v) is 17.1. The maximum atomic E-state index is 6.50. The highest BCUT2D eigenvalue weighted by Crippen LogP contribution is 2.32. The Kier molecular flexibility index (Phi) is 7.34. The van der Waals surface area contributed by atoms with Gasteiger partial charge in [-0.15, -0.1) is 6.58 Å². The van der Waals surface area contributed by atoms with Gasteiger partial charge in [0.25, 0.3) is 0 Å². The van der Waals surface area contributed by atoms with E-state index in [2.05, 4.69) is 68.9 Å². The highest BCUT2D eigenvalue weighted by atomic mass is 32.4. The second-order valence-corrected chi connectivity index (χ2v) is 22.0. The number of nitrogens with zero attached hydrogens (tertiary/aromatic N) is 1. The van der Waals surface area contributed by atoms with Crippen LogP contribution in [0.25, 0.3) is 0 Å². The van der Waals surface area contributed by atoms with E-state index in [4.69, 9.17) is 4.43 Å². The first-order valence-electron chi connectivity index (χ1n) is 8.44. The molecule has 0 spiro atoms. The van der Waals surface area contributed by atoms with Gasteiger partial charge in [-0.1, -0.05) is 25.7 Å². The van der Waals surface area contributed by atoms with Crippen molar-refractivity contribution in [3.05, 3.63) is 24.1 Å². The molecule has 1 aliphatic heterocycles. The van der Waals surface area contributed by atoms with Crippen molar-refractivity contribution in [2.75, 3.05) is 12.3 Å². The maximum Gasteiger partial charge on any atom is 0.244 e. The number of rotatable bonds is 8. The molecule has 1 heterocycles. The second kappa shape index (κ2) is 8.11. The van der Waals surface area contributed by atoms with Crippen molar-refractivity contribution in [2.45, 2.75) is 71.5 Å². The van der Waals surface area contributed by atoms with Crippen molar-refractivity contribution in [2.24, 2.45) is 0 Å². The predicted octanol–water partition coefficient (Wildman–Crippen LogP) is 5.68. The van der Waals surface area contributed by atoms with E-state index in [1.807, 2.05) is 6.08 Å². The van der Waals surface area contributed by atoms with Crippen LogP contribution in [0.4, 0.5) is 0 Å². The normalized spacial score (nSPS) is 20.9. The molecule has 0 amide bonds. The summed E-state index contributed by atoms with van der Waals surface area (Å²) in [6.07, 6.45) is 5.50. The number of likely N-dealkylation sites (tertiary alicyclic amines) is 1. The topological polar surface area (TPSA) is 12.5 Å². The van der Waals surface area contributed by atoms with Crippen LogP contribution >= 0.6 is 11.2 Å². The van der Waals surface area contributed by atoms with E-state index in [1.54, 1.807) is 0 Å². The molecule has 0 bridgehead atoms. The molecule has 1 rings (SSSR count). The van der Waals surface area contributed by atoms with Crippen LogP contribution in [0.1, 0.15) is 26.2 Å². The minimum atomic E-state index is -1.60. The highest BCUT2D eigenvalue weighted by molar-refractivity contribution is 8.28. The van der Waals surface area contributed by atoms with Crippen LogP contribution in [0.2, 0.25) is 39.3 Å². The molecular weight excluding hydrogens is 322 g/mol. The lowest BCUT2D eigenvalue weighted by Gasteiger charge is -2.35. The van der Waals surface area contributed by atoms with Gasteiger partial charge in [0.15, 0.2) is 5.88 Å². The molecule has 1 aliphatic rings. The summed E-state index contributed by atoms with van der Waals surface area (Å²) in [4.78, 5) is 2.56. The Bertz CT molecular complexity index is 410. The molecule has 5 heteroatoms. The van der Waals surface area contributed by atoms with Crippen LogP contribution in [0.15, 0.2) is 24.1 Å². The van der Waals surface area contributed by atoms with E-state index in [-0.39, 0.29) is 0 Å². The molecule has 2 nitrogen and oxygen atoms in total. The third-order valence-corrected chi connectivity index (χ3v) is 8.89.